The predicted molar refractivity (Wildman–Crippen MR) is 72.8 cm³/mol. The molecule has 20 heavy (non-hydrogen) atoms. The van der Waals surface area contributed by atoms with Crippen LogP contribution in [0.2, 0.25) is 0 Å². The fourth-order valence-electron chi connectivity index (χ4n) is 1.74. The van der Waals surface area contributed by atoms with Crippen molar-refractivity contribution in [2.24, 2.45) is 0 Å². The molecule has 0 fully saturated rings. The maximum absolute atomic E-state index is 13.6. The van der Waals surface area contributed by atoms with Gasteiger partial charge in [-0.05, 0) is 24.3 Å². The van der Waals surface area contributed by atoms with Gasteiger partial charge < -0.3 is 5.73 Å². The van der Waals surface area contributed by atoms with Gasteiger partial charge in [0.05, 0.1) is 11.4 Å². The van der Waals surface area contributed by atoms with Crippen LogP contribution >= 0.6 is 0 Å². The van der Waals surface area contributed by atoms with Crippen molar-refractivity contribution in [3.05, 3.63) is 54.1 Å². The van der Waals surface area contributed by atoms with E-state index in [9.17, 15) is 17.2 Å². The molecule has 0 aromatic heterocycles. The van der Waals surface area contributed by atoms with Crippen LogP contribution in [0.3, 0.4) is 0 Å². The molecule has 2 rings (SSSR count). The molecule has 2 aromatic rings. The molecule has 7 heteroatoms. The smallest absolute Gasteiger partial charge is 0.267 e. The molecule has 2 aromatic carbocycles. The quantitative estimate of drug-likeness (QED) is 0.885. The van der Waals surface area contributed by atoms with Crippen LogP contribution in [-0.4, -0.2) is 15.5 Å². The number of para-hydroxylation sites is 2. The second kappa shape index (κ2) is 5.09. The number of sulfonamides is 1. The number of anilines is 2. The Morgan fingerprint density at radius 2 is 1.75 bits per heavy atom. The zero-order chi connectivity index (χ0) is 14.9. The number of benzene rings is 2. The Morgan fingerprint density at radius 3 is 2.35 bits per heavy atom. The summed E-state index contributed by atoms with van der Waals surface area (Å²) in [5, 5.41) is 0. The van der Waals surface area contributed by atoms with Crippen molar-refractivity contribution >= 4 is 21.4 Å². The van der Waals surface area contributed by atoms with Gasteiger partial charge in [0.2, 0.25) is 0 Å². The molecule has 4 nitrogen and oxygen atoms in total. The van der Waals surface area contributed by atoms with Crippen molar-refractivity contribution in [2.75, 3.05) is 17.1 Å². The van der Waals surface area contributed by atoms with Crippen molar-refractivity contribution in [3.63, 3.8) is 0 Å². The van der Waals surface area contributed by atoms with Gasteiger partial charge >= 0.3 is 0 Å². The van der Waals surface area contributed by atoms with Gasteiger partial charge in [-0.3, -0.25) is 4.31 Å². The fraction of sp³-hybridized carbons (Fsp3) is 0.0769. The van der Waals surface area contributed by atoms with Crippen LogP contribution in [-0.2, 0) is 10.0 Å². The highest BCUT2D eigenvalue weighted by atomic mass is 32.2. The van der Waals surface area contributed by atoms with E-state index < -0.39 is 26.6 Å². The minimum atomic E-state index is -4.15. The Labute approximate surface area is 115 Å². The Hall–Kier alpha value is -2.15. The Bertz CT molecular complexity index is 748. The number of halogens is 2. The van der Waals surface area contributed by atoms with Gasteiger partial charge in [0, 0.05) is 13.1 Å². The Kier molecular flexibility index (Phi) is 3.63. The summed E-state index contributed by atoms with van der Waals surface area (Å²) in [7, 11) is -2.90. The van der Waals surface area contributed by atoms with Gasteiger partial charge in [0.1, 0.15) is 16.5 Å². The van der Waals surface area contributed by atoms with Crippen molar-refractivity contribution in [3.8, 4) is 0 Å². The largest absolute Gasteiger partial charge is 0.397 e. The maximum Gasteiger partial charge on any atom is 0.267 e. The van der Waals surface area contributed by atoms with Crippen LogP contribution in [0.25, 0.3) is 0 Å². The lowest BCUT2D eigenvalue weighted by molar-refractivity contribution is 0.548. The molecule has 0 amide bonds. The molecule has 0 aliphatic carbocycles. The van der Waals surface area contributed by atoms with Crippen LogP contribution < -0.4 is 10.0 Å². The zero-order valence-electron chi connectivity index (χ0n) is 10.5. The first-order valence-corrected chi connectivity index (χ1v) is 7.06. The van der Waals surface area contributed by atoms with Gasteiger partial charge in [-0.2, -0.15) is 0 Å². The van der Waals surface area contributed by atoms with Crippen molar-refractivity contribution in [2.45, 2.75) is 4.90 Å². The molecule has 0 heterocycles. The number of hydrogen-bond acceptors (Lipinski definition) is 3. The minimum absolute atomic E-state index is 0.219. The fourth-order valence-corrected chi connectivity index (χ4v) is 3.00. The third kappa shape index (κ3) is 2.44. The average Bonchev–Trinajstić information content (AvgIpc) is 2.38. The number of nitrogens with two attached hydrogens (primary N) is 1. The molecule has 0 unspecified atom stereocenters. The summed E-state index contributed by atoms with van der Waals surface area (Å²) in [5.74, 6) is -1.99. The van der Waals surface area contributed by atoms with E-state index in [4.69, 9.17) is 5.73 Å². The SMILES string of the molecule is CN(c1ccccc1N)S(=O)(=O)c1ccc(F)cc1F. The normalized spacial score (nSPS) is 11.3. The molecule has 106 valence electrons. The summed E-state index contributed by atoms with van der Waals surface area (Å²) in [6, 6.07) is 8.58. The highest BCUT2D eigenvalue weighted by Gasteiger charge is 2.26. The summed E-state index contributed by atoms with van der Waals surface area (Å²) >= 11 is 0. The third-order valence-corrected chi connectivity index (χ3v) is 4.61. The van der Waals surface area contributed by atoms with Gasteiger partial charge in [-0.25, -0.2) is 17.2 Å². The van der Waals surface area contributed by atoms with E-state index in [-0.39, 0.29) is 11.4 Å². The lowest BCUT2D eigenvalue weighted by Gasteiger charge is -2.21. The standard InChI is InChI=1S/C13H12F2N2O2S/c1-17(12-5-3-2-4-11(12)16)20(18,19)13-7-6-9(14)8-10(13)15/h2-8H,16H2,1H3. The molecule has 0 aliphatic rings. The van der Waals surface area contributed by atoms with E-state index >= 15 is 0 Å². The molecular weight excluding hydrogens is 286 g/mol. The highest BCUT2D eigenvalue weighted by molar-refractivity contribution is 7.92. The first-order valence-electron chi connectivity index (χ1n) is 5.62. The van der Waals surface area contributed by atoms with Crippen LogP contribution in [0.5, 0.6) is 0 Å². The van der Waals surface area contributed by atoms with Crippen molar-refractivity contribution < 1.29 is 17.2 Å². The van der Waals surface area contributed by atoms with Crippen LogP contribution in [0, 0.1) is 11.6 Å². The first kappa shape index (κ1) is 14.3. The zero-order valence-corrected chi connectivity index (χ0v) is 11.4. The van der Waals surface area contributed by atoms with Crippen LogP contribution in [0.4, 0.5) is 20.2 Å². The molecular formula is C13H12F2N2O2S. The molecule has 0 spiro atoms. The summed E-state index contributed by atoms with van der Waals surface area (Å²) in [5.41, 5.74) is 6.15. The second-order valence-corrected chi connectivity index (χ2v) is 6.04. The van der Waals surface area contributed by atoms with Crippen molar-refractivity contribution in [1.29, 1.82) is 0 Å². The minimum Gasteiger partial charge on any atom is -0.397 e. The molecule has 2 N–H and O–H groups in total. The van der Waals surface area contributed by atoms with E-state index in [0.29, 0.717) is 6.07 Å². The van der Waals surface area contributed by atoms with Gasteiger partial charge in [-0.1, -0.05) is 12.1 Å². The number of rotatable bonds is 3. The van der Waals surface area contributed by atoms with E-state index in [1.807, 2.05) is 0 Å². The number of hydrogen-bond donors (Lipinski definition) is 1. The maximum atomic E-state index is 13.6. The number of nitrogen functional groups attached to an aromatic ring is 1. The molecule has 0 saturated heterocycles. The molecule has 0 aliphatic heterocycles. The molecule has 0 bridgehead atoms. The summed E-state index contributed by atoms with van der Waals surface area (Å²) in [6.45, 7) is 0. The summed E-state index contributed by atoms with van der Waals surface area (Å²) in [6.07, 6.45) is 0. The van der Waals surface area contributed by atoms with Gasteiger partial charge in [-0.15, -0.1) is 0 Å². The summed E-state index contributed by atoms with van der Waals surface area (Å²) < 4.78 is 52.0. The van der Waals surface area contributed by atoms with E-state index in [0.717, 1.165) is 16.4 Å². The lowest BCUT2D eigenvalue weighted by atomic mass is 10.3. The number of nitrogens with zero attached hydrogens (tertiary/aromatic N) is 1. The Balaban J connectivity index is 2.53. The van der Waals surface area contributed by atoms with Gasteiger partial charge in [0.25, 0.3) is 10.0 Å². The molecule has 0 radical (unpaired) electrons. The molecule has 0 atom stereocenters. The monoisotopic (exact) mass is 298 g/mol. The lowest BCUT2D eigenvalue weighted by Crippen LogP contribution is -2.28. The third-order valence-electron chi connectivity index (χ3n) is 2.81. The van der Waals surface area contributed by atoms with E-state index in [1.54, 1.807) is 12.1 Å². The predicted octanol–water partition coefficient (Wildman–Crippen LogP) is 2.37. The van der Waals surface area contributed by atoms with E-state index in [2.05, 4.69) is 0 Å². The van der Waals surface area contributed by atoms with Crippen LogP contribution in [0.15, 0.2) is 47.4 Å². The second-order valence-electron chi connectivity index (χ2n) is 4.11. The molecule has 0 saturated carbocycles. The summed E-state index contributed by atoms with van der Waals surface area (Å²) in [4.78, 5) is -0.607. The van der Waals surface area contributed by atoms with Gasteiger partial charge in [0.15, 0.2) is 0 Å². The Morgan fingerprint density at radius 1 is 1.10 bits per heavy atom. The first-order chi connectivity index (χ1) is 9.34. The van der Waals surface area contributed by atoms with Crippen LogP contribution in [0.1, 0.15) is 0 Å². The topological polar surface area (TPSA) is 63.4 Å². The van der Waals surface area contributed by atoms with E-state index in [1.165, 1.54) is 19.2 Å². The highest BCUT2D eigenvalue weighted by Crippen LogP contribution is 2.28. The van der Waals surface area contributed by atoms with Crippen molar-refractivity contribution in [1.82, 2.24) is 0 Å². The average molecular weight is 298 g/mol.